The fraction of sp³-hybridized carbons (Fsp3) is 0.412. The number of likely N-dealkylation sites (N-methyl/N-ethyl adjacent to an activating group) is 1. The van der Waals surface area contributed by atoms with E-state index in [1.54, 1.807) is 6.26 Å². The number of hydrogen-bond donors (Lipinski definition) is 1. The predicted octanol–water partition coefficient (Wildman–Crippen LogP) is 3.53. The van der Waals surface area contributed by atoms with Gasteiger partial charge in [-0.2, -0.15) is 0 Å². The Balaban J connectivity index is 1.81. The summed E-state index contributed by atoms with van der Waals surface area (Å²) in [5, 5.41) is 3.64. The molecule has 1 heterocycles. The van der Waals surface area contributed by atoms with Crippen LogP contribution in [-0.2, 0) is 12.8 Å². The van der Waals surface area contributed by atoms with E-state index >= 15 is 0 Å². The Kier molecular flexibility index (Phi) is 3.69. The monoisotopic (exact) mass is 255 g/mol. The number of furan rings is 1. The van der Waals surface area contributed by atoms with Crippen molar-refractivity contribution in [3.05, 3.63) is 59.5 Å². The number of fused-ring (bicyclic) bond motifs is 1. The van der Waals surface area contributed by atoms with Crippen molar-refractivity contribution in [3.63, 3.8) is 0 Å². The van der Waals surface area contributed by atoms with Gasteiger partial charge in [-0.15, -0.1) is 0 Å². The molecule has 2 unspecified atom stereocenters. The highest BCUT2D eigenvalue weighted by atomic mass is 16.3. The zero-order valence-corrected chi connectivity index (χ0v) is 11.4. The third-order valence-corrected chi connectivity index (χ3v) is 4.13. The van der Waals surface area contributed by atoms with Crippen LogP contribution >= 0.6 is 0 Å². The first kappa shape index (κ1) is 12.5. The maximum atomic E-state index is 5.52. The normalized spacial score (nSPS) is 19.3. The predicted molar refractivity (Wildman–Crippen MR) is 77.4 cm³/mol. The van der Waals surface area contributed by atoms with E-state index in [0.717, 1.165) is 18.7 Å². The zero-order valence-electron chi connectivity index (χ0n) is 11.4. The molecule has 2 aromatic rings. The molecular weight excluding hydrogens is 234 g/mol. The molecule has 3 rings (SSSR count). The molecule has 0 radical (unpaired) electrons. The van der Waals surface area contributed by atoms with Gasteiger partial charge in [0.2, 0.25) is 0 Å². The van der Waals surface area contributed by atoms with Crippen molar-refractivity contribution in [1.29, 1.82) is 0 Å². The van der Waals surface area contributed by atoms with E-state index in [1.165, 1.54) is 24.0 Å². The summed E-state index contributed by atoms with van der Waals surface area (Å²) < 4.78 is 5.52. The van der Waals surface area contributed by atoms with Gasteiger partial charge in [0.25, 0.3) is 0 Å². The summed E-state index contributed by atoms with van der Waals surface area (Å²) in [5.74, 6) is 1.69. The molecule has 19 heavy (non-hydrogen) atoms. The van der Waals surface area contributed by atoms with E-state index in [9.17, 15) is 0 Å². The van der Waals surface area contributed by atoms with E-state index in [0.29, 0.717) is 12.0 Å². The molecule has 1 N–H and O–H groups in total. The summed E-state index contributed by atoms with van der Waals surface area (Å²) >= 11 is 0. The summed E-state index contributed by atoms with van der Waals surface area (Å²) in [5.41, 5.74) is 3.05. The topological polar surface area (TPSA) is 25.2 Å². The van der Waals surface area contributed by atoms with Gasteiger partial charge in [0.05, 0.1) is 6.26 Å². The van der Waals surface area contributed by atoms with Crippen molar-refractivity contribution in [2.45, 2.75) is 38.1 Å². The summed E-state index contributed by atoms with van der Waals surface area (Å²) in [7, 11) is 0. The highest BCUT2D eigenvalue weighted by Crippen LogP contribution is 2.36. The van der Waals surface area contributed by atoms with Crippen LogP contribution in [0.25, 0.3) is 0 Å². The Hall–Kier alpha value is -1.54. The maximum Gasteiger partial charge on any atom is 0.105 e. The lowest BCUT2D eigenvalue weighted by Crippen LogP contribution is -2.35. The van der Waals surface area contributed by atoms with Gasteiger partial charge in [0.15, 0.2) is 0 Å². The molecule has 0 spiro atoms. The van der Waals surface area contributed by atoms with Crippen molar-refractivity contribution >= 4 is 0 Å². The summed E-state index contributed by atoms with van der Waals surface area (Å²) in [4.78, 5) is 0. The Morgan fingerprint density at radius 2 is 2.16 bits per heavy atom. The largest absolute Gasteiger partial charge is 0.469 e. The van der Waals surface area contributed by atoms with Crippen LogP contribution < -0.4 is 5.32 Å². The highest BCUT2D eigenvalue weighted by Gasteiger charge is 2.29. The van der Waals surface area contributed by atoms with E-state index in [1.807, 2.05) is 6.07 Å². The Morgan fingerprint density at radius 3 is 2.95 bits per heavy atom. The minimum Gasteiger partial charge on any atom is -0.469 e. The van der Waals surface area contributed by atoms with Crippen LogP contribution in [0.2, 0.25) is 0 Å². The molecule has 0 aliphatic heterocycles. The molecule has 2 nitrogen and oxygen atoms in total. The summed E-state index contributed by atoms with van der Waals surface area (Å²) in [6.45, 7) is 3.18. The van der Waals surface area contributed by atoms with Crippen molar-refractivity contribution in [1.82, 2.24) is 5.32 Å². The SMILES string of the molecule is CCNC(Cc1ccco1)C1CCc2ccccc21. The average Bonchev–Trinajstić information content (AvgIpc) is 3.07. The molecular formula is C17H21NO. The number of aryl methyl sites for hydroxylation is 1. The van der Waals surface area contributed by atoms with Crippen LogP contribution in [0, 0.1) is 0 Å². The molecule has 0 saturated carbocycles. The smallest absolute Gasteiger partial charge is 0.105 e. The van der Waals surface area contributed by atoms with Crippen molar-refractivity contribution in [2.24, 2.45) is 0 Å². The van der Waals surface area contributed by atoms with Crippen molar-refractivity contribution in [3.8, 4) is 0 Å². The van der Waals surface area contributed by atoms with Gasteiger partial charge >= 0.3 is 0 Å². The lowest BCUT2D eigenvalue weighted by atomic mass is 9.90. The van der Waals surface area contributed by atoms with Crippen LogP contribution in [0.5, 0.6) is 0 Å². The van der Waals surface area contributed by atoms with Gasteiger partial charge in [0.1, 0.15) is 5.76 Å². The number of rotatable bonds is 5. The third kappa shape index (κ3) is 2.59. The Bertz CT molecular complexity index is 518. The van der Waals surface area contributed by atoms with Gasteiger partial charge in [-0.3, -0.25) is 0 Å². The molecule has 100 valence electrons. The molecule has 0 saturated heterocycles. The number of nitrogens with one attached hydrogen (secondary N) is 1. The molecule has 1 aliphatic carbocycles. The Morgan fingerprint density at radius 1 is 1.26 bits per heavy atom. The molecule has 2 atom stereocenters. The van der Waals surface area contributed by atoms with Gasteiger partial charge < -0.3 is 9.73 Å². The molecule has 0 fully saturated rings. The second-order valence-electron chi connectivity index (χ2n) is 5.29. The van der Waals surface area contributed by atoms with Crippen LogP contribution in [0.15, 0.2) is 47.1 Å². The van der Waals surface area contributed by atoms with Crippen LogP contribution in [0.3, 0.4) is 0 Å². The highest BCUT2D eigenvalue weighted by molar-refractivity contribution is 5.36. The molecule has 1 aromatic carbocycles. The minimum absolute atomic E-state index is 0.472. The second-order valence-corrected chi connectivity index (χ2v) is 5.29. The molecule has 0 amide bonds. The van der Waals surface area contributed by atoms with Crippen LogP contribution in [-0.4, -0.2) is 12.6 Å². The third-order valence-electron chi connectivity index (χ3n) is 4.13. The molecule has 2 heteroatoms. The average molecular weight is 255 g/mol. The van der Waals surface area contributed by atoms with Gasteiger partial charge in [-0.05, 0) is 42.6 Å². The van der Waals surface area contributed by atoms with E-state index in [2.05, 4.69) is 42.6 Å². The lowest BCUT2D eigenvalue weighted by molar-refractivity contribution is 0.396. The molecule has 1 aromatic heterocycles. The van der Waals surface area contributed by atoms with Gasteiger partial charge in [-0.25, -0.2) is 0 Å². The zero-order chi connectivity index (χ0) is 13.1. The first-order valence-corrected chi connectivity index (χ1v) is 7.22. The fourth-order valence-corrected chi connectivity index (χ4v) is 3.27. The van der Waals surface area contributed by atoms with E-state index in [-0.39, 0.29) is 0 Å². The van der Waals surface area contributed by atoms with Crippen molar-refractivity contribution < 1.29 is 4.42 Å². The second kappa shape index (κ2) is 5.62. The fourth-order valence-electron chi connectivity index (χ4n) is 3.27. The minimum atomic E-state index is 0.472. The molecule has 1 aliphatic rings. The molecule has 0 bridgehead atoms. The standard InChI is InChI=1S/C17H21NO/c1-2-18-17(12-14-7-5-11-19-14)16-10-9-13-6-3-4-8-15(13)16/h3-8,11,16-18H,2,9-10,12H2,1H3. The van der Waals surface area contributed by atoms with Crippen molar-refractivity contribution in [2.75, 3.05) is 6.54 Å². The van der Waals surface area contributed by atoms with Crippen LogP contribution in [0.4, 0.5) is 0 Å². The first-order valence-electron chi connectivity index (χ1n) is 7.22. The lowest BCUT2D eigenvalue weighted by Gasteiger charge is -2.24. The summed E-state index contributed by atoms with van der Waals surface area (Å²) in [6, 6.07) is 13.4. The van der Waals surface area contributed by atoms with Gasteiger partial charge in [-0.1, -0.05) is 31.2 Å². The van der Waals surface area contributed by atoms with E-state index < -0.39 is 0 Å². The first-order chi connectivity index (χ1) is 9.38. The Labute approximate surface area is 114 Å². The van der Waals surface area contributed by atoms with Crippen LogP contribution in [0.1, 0.15) is 36.1 Å². The number of hydrogen-bond acceptors (Lipinski definition) is 2. The van der Waals surface area contributed by atoms with E-state index in [4.69, 9.17) is 4.42 Å². The maximum absolute atomic E-state index is 5.52. The number of benzene rings is 1. The van der Waals surface area contributed by atoms with Gasteiger partial charge in [0, 0.05) is 18.4 Å². The quantitative estimate of drug-likeness (QED) is 0.884. The summed E-state index contributed by atoms with van der Waals surface area (Å²) in [6.07, 6.45) is 5.19.